The van der Waals surface area contributed by atoms with E-state index in [2.05, 4.69) is 15.9 Å². The normalized spacial score (nSPS) is 17.5. The molecule has 1 aliphatic carbocycles. The van der Waals surface area contributed by atoms with E-state index in [-0.39, 0.29) is 11.3 Å². The lowest BCUT2D eigenvalue weighted by Gasteiger charge is -2.13. The molecular formula is C12H15BrFNO. The monoisotopic (exact) mass is 287 g/mol. The first kappa shape index (κ1) is 11.9. The molecule has 0 heterocycles. The molecule has 0 aliphatic heterocycles. The van der Waals surface area contributed by atoms with E-state index in [1.165, 1.54) is 6.07 Å². The molecule has 0 atom stereocenters. The van der Waals surface area contributed by atoms with Gasteiger partial charge in [-0.15, -0.1) is 0 Å². The van der Waals surface area contributed by atoms with E-state index < -0.39 is 5.82 Å². The molecule has 88 valence electrons. The SMILES string of the molecule is Cc1cc(F)c(O)c(CCC2(N)CC2)c1Br. The molecule has 2 nitrogen and oxygen atoms in total. The van der Waals surface area contributed by atoms with Crippen LogP contribution in [0.1, 0.15) is 30.4 Å². The average Bonchev–Trinajstić information content (AvgIpc) is 2.94. The van der Waals surface area contributed by atoms with Crippen molar-refractivity contribution in [2.45, 2.75) is 38.1 Å². The zero-order valence-electron chi connectivity index (χ0n) is 9.19. The van der Waals surface area contributed by atoms with Gasteiger partial charge in [0.05, 0.1) is 0 Å². The van der Waals surface area contributed by atoms with Crippen LogP contribution in [0.15, 0.2) is 10.5 Å². The average molecular weight is 288 g/mol. The maximum absolute atomic E-state index is 13.4. The number of phenolic OH excluding ortho intramolecular Hbond substituents is 1. The third-order valence-electron chi connectivity index (χ3n) is 3.23. The van der Waals surface area contributed by atoms with Gasteiger partial charge < -0.3 is 10.8 Å². The predicted molar refractivity (Wildman–Crippen MR) is 65.0 cm³/mol. The molecule has 2 rings (SSSR count). The van der Waals surface area contributed by atoms with E-state index in [1.54, 1.807) is 0 Å². The summed E-state index contributed by atoms with van der Waals surface area (Å²) in [5.41, 5.74) is 7.33. The summed E-state index contributed by atoms with van der Waals surface area (Å²) in [5, 5.41) is 9.67. The van der Waals surface area contributed by atoms with Crippen molar-refractivity contribution in [3.8, 4) is 5.75 Å². The Morgan fingerprint density at radius 2 is 2.19 bits per heavy atom. The Hall–Kier alpha value is -0.610. The van der Waals surface area contributed by atoms with Gasteiger partial charge in [0.15, 0.2) is 11.6 Å². The largest absolute Gasteiger partial charge is 0.505 e. The van der Waals surface area contributed by atoms with Gasteiger partial charge in [-0.25, -0.2) is 4.39 Å². The van der Waals surface area contributed by atoms with Gasteiger partial charge in [-0.05, 0) is 44.2 Å². The third kappa shape index (κ3) is 2.23. The minimum Gasteiger partial charge on any atom is -0.505 e. The molecule has 0 bridgehead atoms. The van der Waals surface area contributed by atoms with Gasteiger partial charge in [0.2, 0.25) is 0 Å². The summed E-state index contributed by atoms with van der Waals surface area (Å²) in [6, 6.07) is 1.33. The Kier molecular flexibility index (Phi) is 2.97. The second-order valence-electron chi connectivity index (χ2n) is 4.68. The lowest BCUT2D eigenvalue weighted by molar-refractivity contribution is 0.422. The van der Waals surface area contributed by atoms with Gasteiger partial charge >= 0.3 is 0 Å². The first-order valence-corrected chi connectivity index (χ1v) is 6.17. The minimum atomic E-state index is -0.558. The van der Waals surface area contributed by atoms with Crippen LogP contribution in [0.4, 0.5) is 4.39 Å². The highest BCUT2D eigenvalue weighted by molar-refractivity contribution is 9.10. The number of aromatic hydroxyl groups is 1. The quantitative estimate of drug-likeness (QED) is 0.898. The fourth-order valence-electron chi connectivity index (χ4n) is 1.82. The molecule has 1 aromatic rings. The number of phenols is 1. The lowest BCUT2D eigenvalue weighted by Crippen LogP contribution is -2.22. The highest BCUT2D eigenvalue weighted by Crippen LogP contribution is 2.39. The first-order chi connectivity index (χ1) is 7.43. The van der Waals surface area contributed by atoms with Crippen molar-refractivity contribution < 1.29 is 9.50 Å². The van der Waals surface area contributed by atoms with Crippen molar-refractivity contribution in [2.75, 3.05) is 0 Å². The molecule has 0 saturated heterocycles. The van der Waals surface area contributed by atoms with Gasteiger partial charge in [-0.3, -0.25) is 0 Å². The van der Waals surface area contributed by atoms with Crippen LogP contribution in [0.25, 0.3) is 0 Å². The lowest BCUT2D eigenvalue weighted by atomic mass is 10.0. The molecule has 0 amide bonds. The van der Waals surface area contributed by atoms with E-state index in [4.69, 9.17) is 5.73 Å². The van der Waals surface area contributed by atoms with Crippen molar-refractivity contribution in [1.29, 1.82) is 0 Å². The van der Waals surface area contributed by atoms with Crippen LogP contribution in [0.3, 0.4) is 0 Å². The van der Waals surface area contributed by atoms with E-state index in [0.717, 1.165) is 29.3 Å². The molecule has 4 heteroatoms. The molecule has 1 fully saturated rings. The molecule has 16 heavy (non-hydrogen) atoms. The predicted octanol–water partition coefficient (Wildman–Crippen LogP) is 3.03. The van der Waals surface area contributed by atoms with Crippen molar-refractivity contribution in [3.63, 3.8) is 0 Å². The fraction of sp³-hybridized carbons (Fsp3) is 0.500. The maximum atomic E-state index is 13.4. The zero-order chi connectivity index (χ0) is 11.9. The fourth-order valence-corrected chi connectivity index (χ4v) is 2.32. The van der Waals surface area contributed by atoms with Crippen molar-refractivity contribution in [3.05, 3.63) is 27.5 Å². The van der Waals surface area contributed by atoms with Gasteiger partial charge in [0.1, 0.15) is 0 Å². The number of benzene rings is 1. The van der Waals surface area contributed by atoms with Crippen molar-refractivity contribution in [1.82, 2.24) is 0 Å². The summed E-state index contributed by atoms with van der Waals surface area (Å²) in [6.07, 6.45) is 3.46. The topological polar surface area (TPSA) is 46.2 Å². The second-order valence-corrected chi connectivity index (χ2v) is 5.47. The number of hydrogen-bond donors (Lipinski definition) is 2. The first-order valence-electron chi connectivity index (χ1n) is 5.38. The highest BCUT2D eigenvalue weighted by Gasteiger charge is 2.37. The number of aryl methyl sites for hydroxylation is 1. The molecule has 0 radical (unpaired) electrons. The summed E-state index contributed by atoms with van der Waals surface area (Å²) in [6.45, 7) is 1.81. The smallest absolute Gasteiger partial charge is 0.165 e. The van der Waals surface area contributed by atoms with Gasteiger partial charge in [-0.2, -0.15) is 0 Å². The third-order valence-corrected chi connectivity index (χ3v) is 4.34. The van der Waals surface area contributed by atoms with E-state index in [0.29, 0.717) is 12.0 Å². The minimum absolute atomic E-state index is 0.0773. The number of rotatable bonds is 3. The van der Waals surface area contributed by atoms with Crippen LogP contribution >= 0.6 is 15.9 Å². The van der Waals surface area contributed by atoms with Gasteiger partial charge in [0.25, 0.3) is 0 Å². The van der Waals surface area contributed by atoms with Crippen molar-refractivity contribution >= 4 is 15.9 Å². The molecular weight excluding hydrogens is 273 g/mol. The standard InChI is InChI=1S/C12H15BrFNO/c1-7-6-9(14)11(16)8(10(7)13)2-3-12(15)4-5-12/h6,16H,2-5,15H2,1H3. The number of nitrogens with two attached hydrogens (primary N) is 1. The molecule has 0 unspecified atom stereocenters. The Morgan fingerprint density at radius 3 is 2.75 bits per heavy atom. The maximum Gasteiger partial charge on any atom is 0.165 e. The molecule has 0 aromatic heterocycles. The Morgan fingerprint density at radius 1 is 1.56 bits per heavy atom. The van der Waals surface area contributed by atoms with Crippen molar-refractivity contribution in [2.24, 2.45) is 5.73 Å². The summed E-state index contributed by atoms with van der Waals surface area (Å²) in [4.78, 5) is 0. The molecule has 3 N–H and O–H groups in total. The Labute approximate surface area is 103 Å². The van der Waals surface area contributed by atoms with Crippen LogP contribution in [0, 0.1) is 12.7 Å². The summed E-state index contributed by atoms with van der Waals surface area (Å²) < 4.78 is 14.1. The molecule has 1 saturated carbocycles. The second kappa shape index (κ2) is 4.00. The van der Waals surface area contributed by atoms with Crippen LogP contribution in [0.2, 0.25) is 0 Å². The van der Waals surface area contributed by atoms with Crippen LogP contribution in [-0.4, -0.2) is 10.6 Å². The van der Waals surface area contributed by atoms with Crippen LogP contribution in [-0.2, 0) is 6.42 Å². The highest BCUT2D eigenvalue weighted by atomic mass is 79.9. The van der Waals surface area contributed by atoms with Crippen LogP contribution < -0.4 is 5.73 Å². The van der Waals surface area contributed by atoms with Crippen LogP contribution in [0.5, 0.6) is 5.75 Å². The Bertz CT molecular complexity index is 403. The van der Waals surface area contributed by atoms with E-state index in [1.807, 2.05) is 6.92 Å². The molecule has 0 spiro atoms. The zero-order valence-corrected chi connectivity index (χ0v) is 10.8. The van der Waals surface area contributed by atoms with E-state index >= 15 is 0 Å². The molecule has 1 aromatic carbocycles. The summed E-state index contributed by atoms with van der Waals surface area (Å²) >= 11 is 3.39. The number of hydrogen-bond acceptors (Lipinski definition) is 2. The Balaban J connectivity index is 2.24. The van der Waals surface area contributed by atoms with Gasteiger partial charge in [-0.1, -0.05) is 15.9 Å². The van der Waals surface area contributed by atoms with Gasteiger partial charge in [0, 0.05) is 15.6 Å². The van der Waals surface area contributed by atoms with E-state index in [9.17, 15) is 9.50 Å². The summed E-state index contributed by atoms with van der Waals surface area (Å²) in [5.74, 6) is -0.806. The number of halogens is 2. The molecule has 1 aliphatic rings. The summed E-state index contributed by atoms with van der Waals surface area (Å²) in [7, 11) is 0.